The fourth-order valence-corrected chi connectivity index (χ4v) is 4.62. The number of hydrogen-bond acceptors (Lipinski definition) is 5. The molecule has 0 aliphatic carbocycles. The summed E-state index contributed by atoms with van der Waals surface area (Å²) >= 11 is 1.75. The molecule has 2 aromatic heterocycles. The van der Waals surface area contributed by atoms with Gasteiger partial charge in [-0.2, -0.15) is 0 Å². The maximum atomic E-state index is 12.8. The summed E-state index contributed by atoms with van der Waals surface area (Å²) in [6.45, 7) is 4.67. The van der Waals surface area contributed by atoms with Gasteiger partial charge in [0, 0.05) is 22.4 Å². The van der Waals surface area contributed by atoms with E-state index in [2.05, 4.69) is 27.7 Å². The van der Waals surface area contributed by atoms with Gasteiger partial charge in [-0.05, 0) is 62.5 Å². The molecule has 0 unspecified atom stereocenters. The lowest BCUT2D eigenvalue weighted by atomic mass is 10.1. The number of rotatable bonds is 6. The Labute approximate surface area is 162 Å². The summed E-state index contributed by atoms with van der Waals surface area (Å²) in [4.78, 5) is 16.6. The molecule has 1 amide bonds. The molecule has 0 radical (unpaired) electrons. The lowest BCUT2D eigenvalue weighted by Gasteiger charge is -2.26. The zero-order valence-electron chi connectivity index (χ0n) is 15.7. The van der Waals surface area contributed by atoms with Crippen molar-refractivity contribution in [3.63, 3.8) is 0 Å². The maximum absolute atomic E-state index is 12.8. The average molecular weight is 385 g/mol. The van der Waals surface area contributed by atoms with E-state index in [-0.39, 0.29) is 11.9 Å². The van der Waals surface area contributed by atoms with Crippen molar-refractivity contribution in [1.82, 2.24) is 10.2 Å². The van der Waals surface area contributed by atoms with Crippen molar-refractivity contribution < 1.29 is 13.9 Å². The Bertz CT molecular complexity index is 926. The minimum Gasteiger partial charge on any atom is -0.497 e. The summed E-state index contributed by atoms with van der Waals surface area (Å²) in [6, 6.07) is 10.0. The average Bonchev–Trinajstić information content (AvgIpc) is 3.44. The molecule has 3 heterocycles. The predicted molar refractivity (Wildman–Crippen MR) is 108 cm³/mol. The Morgan fingerprint density at radius 3 is 2.85 bits per heavy atom. The van der Waals surface area contributed by atoms with E-state index in [9.17, 15) is 4.79 Å². The standard InChI is InChI=1S/C21H24N2O3S/c1-14-16-12-15(25-2)7-8-18(16)26-20(14)21(24)22-13-17(19-6-5-11-27-19)23-9-3-4-10-23/h5-8,11-12,17H,3-4,9-10,13H2,1-2H3,(H,22,24)/t17-/m0/s1. The number of nitrogens with one attached hydrogen (secondary N) is 1. The summed E-state index contributed by atoms with van der Waals surface area (Å²) in [5.41, 5.74) is 1.54. The van der Waals surface area contributed by atoms with Crippen molar-refractivity contribution >= 4 is 28.2 Å². The number of hydrogen-bond donors (Lipinski definition) is 1. The first-order chi connectivity index (χ1) is 13.2. The molecule has 0 bridgehead atoms. The molecule has 1 N–H and O–H groups in total. The number of methoxy groups -OCH3 is 1. The number of aryl methyl sites for hydroxylation is 1. The Balaban J connectivity index is 1.52. The normalized spacial score (nSPS) is 15.9. The largest absolute Gasteiger partial charge is 0.497 e. The summed E-state index contributed by atoms with van der Waals surface area (Å²) < 4.78 is 11.1. The molecule has 4 rings (SSSR count). The molecule has 1 aromatic carbocycles. The van der Waals surface area contributed by atoms with Crippen molar-refractivity contribution in [2.24, 2.45) is 0 Å². The van der Waals surface area contributed by atoms with Crippen LogP contribution in [0.2, 0.25) is 0 Å². The number of nitrogens with zero attached hydrogens (tertiary/aromatic N) is 1. The molecular formula is C21H24N2O3S. The third-order valence-electron chi connectivity index (χ3n) is 5.26. The van der Waals surface area contributed by atoms with Crippen LogP contribution >= 0.6 is 11.3 Å². The Kier molecular flexibility index (Phi) is 5.18. The zero-order valence-corrected chi connectivity index (χ0v) is 16.5. The van der Waals surface area contributed by atoms with Crippen molar-refractivity contribution in [3.05, 3.63) is 51.9 Å². The van der Waals surface area contributed by atoms with Gasteiger partial charge in [0.05, 0.1) is 13.2 Å². The second kappa shape index (κ2) is 7.74. The van der Waals surface area contributed by atoms with Crippen LogP contribution in [-0.2, 0) is 0 Å². The van der Waals surface area contributed by atoms with Gasteiger partial charge in [-0.25, -0.2) is 0 Å². The Hall–Kier alpha value is -2.31. The minimum absolute atomic E-state index is 0.164. The van der Waals surface area contributed by atoms with Gasteiger partial charge >= 0.3 is 0 Å². The number of amides is 1. The molecule has 1 fully saturated rings. The van der Waals surface area contributed by atoms with Crippen molar-refractivity contribution in [2.45, 2.75) is 25.8 Å². The van der Waals surface area contributed by atoms with Crippen LogP contribution in [0.1, 0.15) is 39.9 Å². The van der Waals surface area contributed by atoms with Crippen molar-refractivity contribution in [1.29, 1.82) is 0 Å². The van der Waals surface area contributed by atoms with E-state index >= 15 is 0 Å². The topological polar surface area (TPSA) is 54.7 Å². The molecule has 1 aliphatic heterocycles. The second-order valence-corrected chi connectivity index (χ2v) is 7.88. The number of benzene rings is 1. The highest BCUT2D eigenvalue weighted by Gasteiger charge is 2.26. The number of carbonyl (C=O) groups excluding carboxylic acids is 1. The van der Waals surface area contributed by atoms with E-state index < -0.39 is 0 Å². The van der Waals surface area contributed by atoms with Crippen LogP contribution in [0, 0.1) is 6.92 Å². The van der Waals surface area contributed by atoms with Gasteiger partial charge in [0.2, 0.25) is 0 Å². The van der Waals surface area contributed by atoms with Gasteiger partial charge in [-0.15, -0.1) is 11.3 Å². The smallest absolute Gasteiger partial charge is 0.287 e. The lowest BCUT2D eigenvalue weighted by Crippen LogP contribution is -2.36. The van der Waals surface area contributed by atoms with E-state index in [0.717, 1.165) is 29.8 Å². The fraction of sp³-hybridized carbons (Fsp3) is 0.381. The predicted octanol–water partition coefficient (Wildman–Crippen LogP) is 4.38. The van der Waals surface area contributed by atoms with E-state index in [1.54, 1.807) is 18.4 Å². The van der Waals surface area contributed by atoms with Crippen LogP contribution in [-0.4, -0.2) is 37.6 Å². The number of likely N-dealkylation sites (tertiary alicyclic amines) is 1. The van der Waals surface area contributed by atoms with Crippen LogP contribution in [0.3, 0.4) is 0 Å². The van der Waals surface area contributed by atoms with Crippen LogP contribution in [0.15, 0.2) is 40.1 Å². The highest BCUT2D eigenvalue weighted by atomic mass is 32.1. The number of ether oxygens (including phenoxy) is 1. The highest BCUT2D eigenvalue weighted by molar-refractivity contribution is 7.10. The number of thiophene rings is 1. The number of fused-ring (bicyclic) bond motifs is 1. The highest BCUT2D eigenvalue weighted by Crippen LogP contribution is 2.30. The van der Waals surface area contributed by atoms with Gasteiger partial charge in [0.15, 0.2) is 5.76 Å². The first kappa shape index (κ1) is 18.1. The molecular weight excluding hydrogens is 360 g/mol. The van der Waals surface area contributed by atoms with Gasteiger partial charge in [0.1, 0.15) is 11.3 Å². The summed E-state index contributed by atoms with van der Waals surface area (Å²) in [7, 11) is 1.63. The molecule has 1 saturated heterocycles. The van der Waals surface area contributed by atoms with Crippen molar-refractivity contribution in [3.8, 4) is 5.75 Å². The van der Waals surface area contributed by atoms with Crippen molar-refractivity contribution in [2.75, 3.05) is 26.7 Å². The number of furan rings is 1. The van der Waals surface area contributed by atoms with Crippen LogP contribution in [0.25, 0.3) is 11.0 Å². The Morgan fingerprint density at radius 1 is 1.33 bits per heavy atom. The van der Waals surface area contributed by atoms with E-state index in [4.69, 9.17) is 9.15 Å². The summed E-state index contributed by atoms with van der Waals surface area (Å²) in [5.74, 6) is 0.971. The molecule has 27 heavy (non-hydrogen) atoms. The molecule has 0 saturated carbocycles. The first-order valence-corrected chi connectivity index (χ1v) is 10.2. The molecule has 1 atom stereocenters. The summed E-state index contributed by atoms with van der Waals surface area (Å²) in [6.07, 6.45) is 2.45. The summed E-state index contributed by atoms with van der Waals surface area (Å²) in [5, 5.41) is 6.10. The second-order valence-electron chi connectivity index (χ2n) is 6.90. The zero-order chi connectivity index (χ0) is 18.8. The Morgan fingerprint density at radius 2 is 2.15 bits per heavy atom. The third-order valence-corrected chi connectivity index (χ3v) is 6.23. The molecule has 3 aromatic rings. The molecule has 6 heteroatoms. The minimum atomic E-state index is -0.164. The van der Waals surface area contributed by atoms with Crippen LogP contribution < -0.4 is 10.1 Å². The fourth-order valence-electron chi connectivity index (χ4n) is 3.76. The van der Waals surface area contributed by atoms with Crippen LogP contribution in [0.4, 0.5) is 0 Å². The van der Waals surface area contributed by atoms with Gasteiger partial charge in [-0.1, -0.05) is 6.07 Å². The third kappa shape index (κ3) is 3.59. The molecule has 142 valence electrons. The molecule has 5 nitrogen and oxygen atoms in total. The SMILES string of the molecule is COc1ccc2oc(C(=O)NC[C@@H](c3cccs3)N3CCCC3)c(C)c2c1. The van der Waals surface area contributed by atoms with E-state index in [1.165, 1.54) is 17.7 Å². The van der Waals surface area contributed by atoms with Crippen LogP contribution in [0.5, 0.6) is 5.75 Å². The van der Waals surface area contributed by atoms with E-state index in [1.807, 2.05) is 25.1 Å². The number of carbonyl (C=O) groups is 1. The van der Waals surface area contributed by atoms with Gasteiger partial charge < -0.3 is 14.5 Å². The quantitative estimate of drug-likeness (QED) is 0.685. The monoisotopic (exact) mass is 384 g/mol. The molecule has 1 aliphatic rings. The van der Waals surface area contributed by atoms with Gasteiger partial charge in [0.25, 0.3) is 5.91 Å². The maximum Gasteiger partial charge on any atom is 0.287 e. The van der Waals surface area contributed by atoms with E-state index in [0.29, 0.717) is 17.9 Å². The van der Waals surface area contributed by atoms with Gasteiger partial charge in [-0.3, -0.25) is 9.69 Å². The first-order valence-electron chi connectivity index (χ1n) is 9.30. The lowest BCUT2D eigenvalue weighted by molar-refractivity contribution is 0.0912. The molecule has 0 spiro atoms.